The quantitative estimate of drug-likeness (QED) is 0.739. The van der Waals surface area contributed by atoms with Crippen molar-refractivity contribution in [1.29, 1.82) is 0 Å². The monoisotopic (exact) mass is 328 g/mol. The Bertz CT molecular complexity index is 815. The summed E-state index contributed by atoms with van der Waals surface area (Å²) < 4.78 is 1.92. The maximum atomic E-state index is 4.57. The maximum absolute atomic E-state index is 4.57. The number of likely N-dealkylation sites (tertiary alicyclic amines) is 1. The van der Waals surface area contributed by atoms with Gasteiger partial charge >= 0.3 is 0 Å². The number of aromatic nitrogens is 5. The average Bonchev–Trinajstić information content (AvgIpc) is 3.14. The summed E-state index contributed by atoms with van der Waals surface area (Å²) in [4.78, 5) is 8.20. The van der Waals surface area contributed by atoms with Crippen LogP contribution in [0, 0.1) is 13.8 Å². The summed E-state index contributed by atoms with van der Waals surface area (Å²) in [7, 11) is 0. The molecule has 23 heavy (non-hydrogen) atoms. The highest BCUT2D eigenvalue weighted by molar-refractivity contribution is 7.11. The number of hydrogen-bond donors (Lipinski definition) is 0. The third-order valence-electron chi connectivity index (χ3n) is 4.42. The lowest BCUT2D eigenvalue weighted by Gasteiger charge is -2.30. The molecule has 3 aromatic rings. The van der Waals surface area contributed by atoms with Crippen LogP contribution in [-0.4, -0.2) is 42.8 Å². The summed E-state index contributed by atoms with van der Waals surface area (Å²) >= 11 is 1.79. The van der Waals surface area contributed by atoms with Gasteiger partial charge in [-0.15, -0.1) is 21.5 Å². The number of aryl methyl sites for hydroxylation is 2. The minimum Gasteiger partial charge on any atom is -0.298 e. The SMILES string of the molecule is Cc1ccc2nnc(C3CCN(Cc4cnc(C)s4)CC3)n2n1. The summed E-state index contributed by atoms with van der Waals surface area (Å²) in [5.41, 5.74) is 1.84. The Morgan fingerprint density at radius 3 is 2.74 bits per heavy atom. The molecule has 0 spiro atoms. The standard InChI is InChI=1S/C16H20N6S/c1-11-3-4-15-18-19-16(22(15)20-11)13-5-7-21(8-6-13)10-14-9-17-12(2)23-14/h3-4,9,13H,5-8,10H2,1-2H3. The molecule has 1 fully saturated rings. The highest BCUT2D eigenvalue weighted by Gasteiger charge is 2.25. The third-order valence-corrected chi connectivity index (χ3v) is 5.32. The summed E-state index contributed by atoms with van der Waals surface area (Å²) in [6.07, 6.45) is 4.22. The van der Waals surface area contributed by atoms with Crippen LogP contribution in [0.4, 0.5) is 0 Å². The number of thiazole rings is 1. The highest BCUT2D eigenvalue weighted by atomic mass is 32.1. The predicted octanol–water partition coefficient (Wildman–Crippen LogP) is 2.58. The van der Waals surface area contributed by atoms with E-state index in [4.69, 9.17) is 0 Å². The molecule has 7 heteroatoms. The van der Waals surface area contributed by atoms with E-state index in [1.54, 1.807) is 11.3 Å². The lowest BCUT2D eigenvalue weighted by Crippen LogP contribution is -2.32. The number of rotatable bonds is 3. The lowest BCUT2D eigenvalue weighted by molar-refractivity contribution is 0.202. The van der Waals surface area contributed by atoms with Gasteiger partial charge in [-0.2, -0.15) is 9.61 Å². The molecule has 0 aliphatic carbocycles. The number of hydrogen-bond acceptors (Lipinski definition) is 6. The first-order chi connectivity index (χ1) is 11.2. The molecule has 0 amide bonds. The molecule has 1 aliphatic rings. The van der Waals surface area contributed by atoms with Gasteiger partial charge in [0.25, 0.3) is 0 Å². The summed E-state index contributed by atoms with van der Waals surface area (Å²) in [5, 5.41) is 14.4. The van der Waals surface area contributed by atoms with Crippen LogP contribution in [0.15, 0.2) is 18.3 Å². The molecule has 120 valence electrons. The van der Waals surface area contributed by atoms with Gasteiger partial charge in [-0.05, 0) is 51.9 Å². The second-order valence-corrected chi connectivity index (χ2v) is 7.52. The van der Waals surface area contributed by atoms with Gasteiger partial charge in [-0.25, -0.2) is 4.98 Å². The van der Waals surface area contributed by atoms with Crippen molar-refractivity contribution in [3.63, 3.8) is 0 Å². The summed E-state index contributed by atoms with van der Waals surface area (Å²) in [6, 6.07) is 3.97. The van der Waals surface area contributed by atoms with Crippen LogP contribution in [0.2, 0.25) is 0 Å². The predicted molar refractivity (Wildman–Crippen MR) is 89.6 cm³/mol. The minimum atomic E-state index is 0.443. The third kappa shape index (κ3) is 2.98. The van der Waals surface area contributed by atoms with Crippen LogP contribution in [0.25, 0.3) is 5.65 Å². The van der Waals surface area contributed by atoms with Crippen molar-refractivity contribution in [3.8, 4) is 0 Å². The average molecular weight is 328 g/mol. The van der Waals surface area contributed by atoms with Crippen molar-refractivity contribution >= 4 is 17.0 Å². The molecule has 1 aliphatic heterocycles. The van der Waals surface area contributed by atoms with Crippen LogP contribution in [0.1, 0.15) is 40.2 Å². The van der Waals surface area contributed by atoms with Gasteiger partial charge in [-0.3, -0.25) is 4.90 Å². The van der Waals surface area contributed by atoms with E-state index in [-0.39, 0.29) is 0 Å². The van der Waals surface area contributed by atoms with Crippen LogP contribution >= 0.6 is 11.3 Å². The highest BCUT2D eigenvalue weighted by Crippen LogP contribution is 2.28. The van der Waals surface area contributed by atoms with Crippen LogP contribution < -0.4 is 0 Å². The summed E-state index contributed by atoms with van der Waals surface area (Å²) in [5.74, 6) is 1.45. The molecule has 6 nitrogen and oxygen atoms in total. The molecule has 0 N–H and O–H groups in total. The fraction of sp³-hybridized carbons (Fsp3) is 0.500. The van der Waals surface area contributed by atoms with Crippen molar-refractivity contribution in [2.45, 2.75) is 39.2 Å². The molecule has 0 radical (unpaired) electrons. The molecular weight excluding hydrogens is 308 g/mol. The van der Waals surface area contributed by atoms with Gasteiger partial charge < -0.3 is 0 Å². The lowest BCUT2D eigenvalue weighted by atomic mass is 9.96. The molecule has 0 bridgehead atoms. The van der Waals surface area contributed by atoms with Crippen molar-refractivity contribution < 1.29 is 0 Å². The van der Waals surface area contributed by atoms with E-state index in [0.29, 0.717) is 5.92 Å². The van der Waals surface area contributed by atoms with Gasteiger partial charge in [0, 0.05) is 23.5 Å². The van der Waals surface area contributed by atoms with Gasteiger partial charge in [0.2, 0.25) is 0 Å². The van der Waals surface area contributed by atoms with E-state index >= 15 is 0 Å². The Morgan fingerprint density at radius 1 is 1.17 bits per heavy atom. The first-order valence-electron chi connectivity index (χ1n) is 8.01. The zero-order valence-electron chi connectivity index (χ0n) is 13.4. The van der Waals surface area contributed by atoms with Gasteiger partial charge in [0.1, 0.15) is 0 Å². The molecule has 4 heterocycles. The summed E-state index contributed by atoms with van der Waals surface area (Å²) in [6.45, 7) is 7.25. The van der Waals surface area contributed by atoms with Crippen LogP contribution in [-0.2, 0) is 6.54 Å². The zero-order chi connectivity index (χ0) is 15.8. The topological polar surface area (TPSA) is 59.2 Å². The van der Waals surface area contributed by atoms with Gasteiger partial charge in [0.15, 0.2) is 11.5 Å². The zero-order valence-corrected chi connectivity index (χ0v) is 14.3. The molecule has 0 saturated carbocycles. The molecule has 0 atom stereocenters. The largest absolute Gasteiger partial charge is 0.298 e. The fourth-order valence-electron chi connectivity index (χ4n) is 3.20. The van der Waals surface area contributed by atoms with Crippen LogP contribution in [0.5, 0.6) is 0 Å². The van der Waals surface area contributed by atoms with E-state index in [2.05, 4.69) is 32.1 Å². The fourth-order valence-corrected chi connectivity index (χ4v) is 4.04. The van der Waals surface area contributed by atoms with E-state index in [1.807, 2.05) is 29.8 Å². The Kier molecular flexibility index (Phi) is 3.82. The second-order valence-electron chi connectivity index (χ2n) is 6.20. The molecule has 0 aromatic carbocycles. The van der Waals surface area contributed by atoms with E-state index in [9.17, 15) is 0 Å². The number of nitrogens with zero attached hydrogens (tertiary/aromatic N) is 6. The van der Waals surface area contributed by atoms with E-state index in [0.717, 1.165) is 54.6 Å². The molecule has 0 unspecified atom stereocenters. The first-order valence-corrected chi connectivity index (χ1v) is 8.83. The van der Waals surface area contributed by atoms with E-state index < -0.39 is 0 Å². The van der Waals surface area contributed by atoms with Crippen molar-refractivity contribution in [3.05, 3.63) is 39.7 Å². The molecule has 3 aromatic heterocycles. The maximum Gasteiger partial charge on any atom is 0.177 e. The van der Waals surface area contributed by atoms with Crippen LogP contribution in [0.3, 0.4) is 0 Å². The molecule has 1 saturated heterocycles. The smallest absolute Gasteiger partial charge is 0.177 e. The van der Waals surface area contributed by atoms with Crippen molar-refractivity contribution in [2.75, 3.05) is 13.1 Å². The van der Waals surface area contributed by atoms with E-state index in [1.165, 1.54) is 4.88 Å². The van der Waals surface area contributed by atoms with Crippen molar-refractivity contribution in [2.24, 2.45) is 0 Å². The minimum absolute atomic E-state index is 0.443. The first kappa shape index (κ1) is 14.7. The second kappa shape index (κ2) is 5.98. The Balaban J connectivity index is 1.45. The normalized spacial score (nSPS) is 17.1. The Labute approximate surface area is 139 Å². The Hall–Kier alpha value is -1.86. The number of fused-ring (bicyclic) bond motifs is 1. The van der Waals surface area contributed by atoms with Gasteiger partial charge in [-0.1, -0.05) is 0 Å². The number of piperidine rings is 1. The molecular formula is C16H20N6S. The van der Waals surface area contributed by atoms with Crippen molar-refractivity contribution in [1.82, 2.24) is 29.7 Å². The Morgan fingerprint density at radius 2 is 2.00 bits per heavy atom. The van der Waals surface area contributed by atoms with Gasteiger partial charge in [0.05, 0.1) is 10.7 Å². The molecule has 4 rings (SSSR count).